The van der Waals surface area contributed by atoms with Crippen LogP contribution in [0, 0.1) is 0 Å². The van der Waals surface area contributed by atoms with Crippen molar-refractivity contribution < 1.29 is 4.21 Å². The van der Waals surface area contributed by atoms with Gasteiger partial charge in [0, 0.05) is 40.4 Å². The van der Waals surface area contributed by atoms with Crippen LogP contribution in [0.3, 0.4) is 0 Å². The quantitative estimate of drug-likeness (QED) is 0.831. The van der Waals surface area contributed by atoms with Gasteiger partial charge in [-0.1, -0.05) is 13.3 Å². The molecule has 0 amide bonds. The Balaban J connectivity index is 1.89. The molecule has 2 heterocycles. The van der Waals surface area contributed by atoms with Gasteiger partial charge in [0.05, 0.1) is 0 Å². The summed E-state index contributed by atoms with van der Waals surface area (Å²) in [7, 11) is -0.679. The number of nitrogens with two attached hydrogens (primary N) is 1. The van der Waals surface area contributed by atoms with Gasteiger partial charge in [-0.05, 0) is 38.6 Å². The molecule has 0 radical (unpaired) electrons. The average Bonchev–Trinajstić information content (AvgIpc) is 2.25. The molecule has 0 aliphatic carbocycles. The standard InChI is InChI=1S/C13H26N2OS/c1-10(17(2)16)6-7-15-12-4-3-5-13(15)9-11(14)8-12/h10-13H,3-9,14H2,1-2H3. The summed E-state index contributed by atoms with van der Waals surface area (Å²) in [6.07, 6.45) is 9.21. The van der Waals surface area contributed by atoms with Gasteiger partial charge < -0.3 is 5.73 Å². The van der Waals surface area contributed by atoms with E-state index in [1.165, 1.54) is 32.1 Å². The summed E-state index contributed by atoms with van der Waals surface area (Å²) < 4.78 is 11.4. The Kier molecular flexibility index (Phi) is 4.61. The zero-order valence-corrected chi connectivity index (χ0v) is 11.9. The molecule has 2 fully saturated rings. The SMILES string of the molecule is CC(CCN1C2CCCC1CC(N)C2)S(C)=O. The average molecular weight is 258 g/mol. The van der Waals surface area contributed by atoms with Crippen LogP contribution in [0.4, 0.5) is 0 Å². The molecule has 4 unspecified atom stereocenters. The predicted octanol–water partition coefficient (Wildman–Crippen LogP) is 1.49. The van der Waals surface area contributed by atoms with E-state index in [-0.39, 0.29) is 0 Å². The molecule has 17 heavy (non-hydrogen) atoms. The molecular weight excluding hydrogens is 232 g/mol. The second kappa shape index (κ2) is 5.81. The van der Waals surface area contributed by atoms with Gasteiger partial charge in [0.25, 0.3) is 0 Å². The highest BCUT2D eigenvalue weighted by molar-refractivity contribution is 7.84. The van der Waals surface area contributed by atoms with Crippen LogP contribution in [0.1, 0.15) is 45.4 Å². The summed E-state index contributed by atoms with van der Waals surface area (Å²) >= 11 is 0. The highest BCUT2D eigenvalue weighted by Crippen LogP contribution is 2.33. The summed E-state index contributed by atoms with van der Waals surface area (Å²) in [6, 6.07) is 1.82. The maximum atomic E-state index is 11.4. The van der Waals surface area contributed by atoms with E-state index in [1.807, 2.05) is 6.26 Å². The van der Waals surface area contributed by atoms with Gasteiger partial charge in [0.1, 0.15) is 0 Å². The van der Waals surface area contributed by atoms with Gasteiger partial charge in [0.15, 0.2) is 0 Å². The van der Waals surface area contributed by atoms with Crippen molar-refractivity contribution in [3.8, 4) is 0 Å². The summed E-state index contributed by atoms with van der Waals surface area (Å²) in [5.41, 5.74) is 6.12. The van der Waals surface area contributed by atoms with Gasteiger partial charge >= 0.3 is 0 Å². The normalized spacial score (nSPS) is 37.7. The highest BCUT2D eigenvalue weighted by Gasteiger charge is 2.36. The lowest BCUT2D eigenvalue weighted by Crippen LogP contribution is -2.55. The molecule has 2 aliphatic rings. The van der Waals surface area contributed by atoms with E-state index >= 15 is 0 Å². The molecule has 0 aromatic carbocycles. The molecule has 0 aromatic heterocycles. The van der Waals surface area contributed by atoms with Crippen molar-refractivity contribution in [3.05, 3.63) is 0 Å². The molecule has 4 heteroatoms. The van der Waals surface area contributed by atoms with E-state index in [0.717, 1.165) is 13.0 Å². The molecule has 3 nitrogen and oxygen atoms in total. The molecule has 0 aromatic rings. The zero-order chi connectivity index (χ0) is 12.4. The van der Waals surface area contributed by atoms with Gasteiger partial charge in [-0.3, -0.25) is 9.11 Å². The Morgan fingerprint density at radius 1 is 1.35 bits per heavy atom. The van der Waals surface area contributed by atoms with Crippen LogP contribution in [-0.4, -0.2) is 45.3 Å². The molecule has 0 saturated carbocycles. The molecule has 100 valence electrons. The van der Waals surface area contributed by atoms with Crippen molar-refractivity contribution in [2.45, 2.75) is 68.8 Å². The topological polar surface area (TPSA) is 46.3 Å². The first-order chi connectivity index (χ1) is 8.08. The Labute approximate surface area is 108 Å². The Bertz CT molecular complexity index is 271. The maximum absolute atomic E-state index is 11.4. The largest absolute Gasteiger partial charge is 0.328 e. The monoisotopic (exact) mass is 258 g/mol. The zero-order valence-electron chi connectivity index (χ0n) is 11.1. The van der Waals surface area contributed by atoms with Crippen LogP contribution in [0.15, 0.2) is 0 Å². The second-order valence-electron chi connectivity index (χ2n) is 5.81. The van der Waals surface area contributed by atoms with Crippen LogP contribution < -0.4 is 5.73 Å². The second-order valence-corrected chi connectivity index (χ2v) is 7.61. The minimum absolute atomic E-state index is 0.325. The lowest BCUT2D eigenvalue weighted by atomic mass is 9.82. The van der Waals surface area contributed by atoms with Crippen LogP contribution in [0.25, 0.3) is 0 Å². The third kappa shape index (κ3) is 3.30. The first-order valence-electron chi connectivity index (χ1n) is 6.91. The highest BCUT2D eigenvalue weighted by atomic mass is 32.2. The molecule has 2 saturated heterocycles. The lowest BCUT2D eigenvalue weighted by molar-refractivity contribution is 0.0309. The van der Waals surface area contributed by atoms with E-state index in [2.05, 4.69) is 11.8 Å². The van der Waals surface area contributed by atoms with Crippen LogP contribution >= 0.6 is 0 Å². The summed E-state index contributed by atoms with van der Waals surface area (Å²) in [5, 5.41) is 0.325. The van der Waals surface area contributed by atoms with Crippen molar-refractivity contribution in [2.75, 3.05) is 12.8 Å². The van der Waals surface area contributed by atoms with Crippen molar-refractivity contribution in [1.29, 1.82) is 0 Å². The van der Waals surface area contributed by atoms with E-state index < -0.39 is 10.8 Å². The molecule has 2 rings (SSSR count). The molecule has 4 atom stereocenters. The number of hydrogen-bond acceptors (Lipinski definition) is 3. The fourth-order valence-electron chi connectivity index (χ4n) is 3.38. The van der Waals surface area contributed by atoms with Gasteiger partial charge in [0.2, 0.25) is 0 Å². The summed E-state index contributed by atoms with van der Waals surface area (Å²) in [5.74, 6) is 0. The molecule has 2 bridgehead atoms. The third-order valence-electron chi connectivity index (χ3n) is 4.52. The molecule has 0 spiro atoms. The minimum atomic E-state index is -0.679. The number of nitrogens with zero attached hydrogens (tertiary/aromatic N) is 1. The Morgan fingerprint density at radius 3 is 2.47 bits per heavy atom. The van der Waals surface area contributed by atoms with Crippen molar-refractivity contribution in [1.82, 2.24) is 4.90 Å². The fourth-order valence-corrected chi connectivity index (χ4v) is 3.82. The van der Waals surface area contributed by atoms with Gasteiger partial charge in [-0.15, -0.1) is 0 Å². The van der Waals surface area contributed by atoms with Crippen molar-refractivity contribution in [3.63, 3.8) is 0 Å². The maximum Gasteiger partial charge on any atom is 0.0329 e. The predicted molar refractivity (Wildman–Crippen MR) is 73.5 cm³/mol. The van der Waals surface area contributed by atoms with E-state index in [1.54, 1.807) is 0 Å². The van der Waals surface area contributed by atoms with Crippen molar-refractivity contribution >= 4 is 10.8 Å². The third-order valence-corrected chi connectivity index (χ3v) is 5.89. The Hall–Kier alpha value is 0.0700. The van der Waals surface area contributed by atoms with E-state index in [4.69, 9.17) is 5.73 Å². The van der Waals surface area contributed by atoms with Crippen LogP contribution in [0.2, 0.25) is 0 Å². The molecule has 2 aliphatic heterocycles. The first kappa shape index (κ1) is 13.5. The number of rotatable bonds is 4. The summed E-state index contributed by atoms with van der Waals surface area (Å²) in [4.78, 5) is 2.66. The van der Waals surface area contributed by atoms with Gasteiger partial charge in [-0.25, -0.2) is 0 Å². The van der Waals surface area contributed by atoms with Crippen molar-refractivity contribution in [2.24, 2.45) is 5.73 Å². The van der Waals surface area contributed by atoms with Gasteiger partial charge in [-0.2, -0.15) is 0 Å². The molecule has 2 N–H and O–H groups in total. The number of piperidine rings is 2. The number of hydrogen-bond donors (Lipinski definition) is 1. The van der Waals surface area contributed by atoms with Crippen LogP contribution in [-0.2, 0) is 10.8 Å². The lowest BCUT2D eigenvalue weighted by Gasteiger charge is -2.48. The van der Waals surface area contributed by atoms with Crippen LogP contribution in [0.5, 0.6) is 0 Å². The number of fused-ring (bicyclic) bond motifs is 2. The Morgan fingerprint density at radius 2 is 1.94 bits per heavy atom. The summed E-state index contributed by atoms with van der Waals surface area (Å²) in [6.45, 7) is 3.21. The molecular formula is C13H26N2OS. The first-order valence-corrected chi connectivity index (χ1v) is 8.53. The van der Waals surface area contributed by atoms with E-state index in [0.29, 0.717) is 23.4 Å². The minimum Gasteiger partial charge on any atom is -0.328 e. The fraction of sp³-hybridized carbons (Fsp3) is 1.00. The van der Waals surface area contributed by atoms with E-state index in [9.17, 15) is 4.21 Å². The smallest absolute Gasteiger partial charge is 0.0329 e.